The van der Waals surface area contributed by atoms with Crippen molar-refractivity contribution in [3.8, 4) is 11.1 Å². The monoisotopic (exact) mass is 736 g/mol. The van der Waals surface area contributed by atoms with Crippen molar-refractivity contribution < 1.29 is 50.6 Å². The molecule has 0 amide bonds. The van der Waals surface area contributed by atoms with Gasteiger partial charge in [0.1, 0.15) is 0 Å². The van der Waals surface area contributed by atoms with Gasteiger partial charge in [-0.25, -0.2) is 5.57 Å². The van der Waals surface area contributed by atoms with E-state index in [-0.39, 0.29) is 0 Å². The molecule has 0 aromatic heterocycles. The van der Waals surface area contributed by atoms with Crippen LogP contribution in [-0.4, -0.2) is 4.21 Å². The Morgan fingerprint density at radius 1 is 0.729 bits per heavy atom. The van der Waals surface area contributed by atoms with Crippen LogP contribution in [-0.2, 0) is 43.0 Å². The van der Waals surface area contributed by atoms with E-state index in [2.05, 4.69) is 106 Å². The molecule has 0 heterocycles. The van der Waals surface area contributed by atoms with E-state index in [9.17, 15) is 26.3 Å². The topological polar surface area (TPSA) is 0 Å². The summed E-state index contributed by atoms with van der Waals surface area (Å²) in [4.78, 5) is 0. The number of halogens is 6. The van der Waals surface area contributed by atoms with Gasteiger partial charge in [-0.15, -0.1) is 5.56 Å². The quantitative estimate of drug-likeness (QED) is 0.125. The van der Waals surface area contributed by atoms with E-state index >= 15 is 0 Å². The molecule has 0 radical (unpaired) electrons. The fraction of sp³-hybridized carbons (Fsp3) is 0.293. The molecular formula is C41H40F6Zr-4. The van der Waals surface area contributed by atoms with E-state index in [0.717, 1.165) is 37.1 Å². The third-order valence-electron chi connectivity index (χ3n) is 7.34. The Kier molecular flexibility index (Phi) is 16.2. The second-order valence-electron chi connectivity index (χ2n) is 11.8. The minimum atomic E-state index is -4.24. The average Bonchev–Trinajstić information content (AvgIpc) is 3.69. The summed E-state index contributed by atoms with van der Waals surface area (Å²) in [5.41, 5.74) is 7.45. The van der Waals surface area contributed by atoms with Crippen LogP contribution in [0, 0.1) is 35.6 Å². The fourth-order valence-corrected chi connectivity index (χ4v) is 5.00. The van der Waals surface area contributed by atoms with Crippen molar-refractivity contribution in [2.75, 3.05) is 0 Å². The number of allylic oxidation sites excluding steroid dienone is 4. The summed E-state index contributed by atoms with van der Waals surface area (Å²) in [6.07, 6.45) is 0.852. The summed E-state index contributed by atoms with van der Waals surface area (Å²) in [6.45, 7) is 11.3. The van der Waals surface area contributed by atoms with Crippen LogP contribution >= 0.6 is 0 Å². The summed E-state index contributed by atoms with van der Waals surface area (Å²) in [6, 6.07) is 32.1. The minimum Gasteiger partial charge on any atom is -0.179 e. The second kappa shape index (κ2) is 19.0. The number of benzene rings is 4. The number of alkyl halides is 6. The molecule has 1 atom stereocenters. The van der Waals surface area contributed by atoms with Crippen molar-refractivity contribution in [1.29, 1.82) is 0 Å². The summed E-state index contributed by atoms with van der Waals surface area (Å²) in [5.74, 6) is 0.573. The molecule has 0 saturated heterocycles. The Balaban J connectivity index is 0.000000220. The molecule has 48 heavy (non-hydrogen) atoms. The standard InChI is InChI=1S/C13H9.C13H21.2C7H4F3.CH2.Zr/c1-3-7-12-10(5-1)9-11-6-2-4-8-13(11)12;1-6-10-8-11(7-2)12(9-10)13(3,4)5;2*8-7(9,10)6-4-2-1-3-5-6;;/h1-5,7-8H,9H2;9-10H,6-7H2,1-5H3;2*1-2,4-5H;1H2;/q4*-1;;. The predicted octanol–water partition coefficient (Wildman–Crippen LogP) is 12.2. The third kappa shape index (κ3) is 12.6. The first-order valence-electron chi connectivity index (χ1n) is 15.5. The Morgan fingerprint density at radius 3 is 1.67 bits per heavy atom. The van der Waals surface area contributed by atoms with Gasteiger partial charge in [0, 0.05) is 0 Å². The number of hydrogen-bond acceptors (Lipinski definition) is 0. The van der Waals surface area contributed by atoms with Crippen molar-refractivity contribution in [3.05, 3.63) is 155 Å². The molecule has 0 N–H and O–H groups in total. The van der Waals surface area contributed by atoms with E-state index in [4.69, 9.17) is 0 Å². The maximum Gasteiger partial charge on any atom is -0.0253 e. The third-order valence-corrected chi connectivity index (χ3v) is 7.34. The van der Waals surface area contributed by atoms with Gasteiger partial charge in [-0.1, -0.05) is 105 Å². The van der Waals surface area contributed by atoms with Gasteiger partial charge in [-0.05, 0) is 6.42 Å². The van der Waals surface area contributed by atoms with Crippen LogP contribution in [0.4, 0.5) is 26.3 Å². The van der Waals surface area contributed by atoms with E-state index < -0.39 is 23.5 Å². The van der Waals surface area contributed by atoms with Gasteiger partial charge in [0.2, 0.25) is 0 Å². The SMILES string of the molecule is CCC1=[C-]C(CC)C=C1C(C)(C)C.FC(F)(F)c1c[c-]ccc1.FC(F)(F)c1c[c-]ccc1.[CH2]=[Zr].[c-]1cccc2c1Cc1ccccc1-2. The van der Waals surface area contributed by atoms with Crippen LogP contribution in [0.5, 0.6) is 0 Å². The van der Waals surface area contributed by atoms with Gasteiger partial charge in [0.25, 0.3) is 0 Å². The molecule has 7 heteroatoms. The van der Waals surface area contributed by atoms with Gasteiger partial charge in [0.05, 0.1) is 0 Å². The van der Waals surface area contributed by atoms with Gasteiger partial charge in [-0.2, -0.15) is 128 Å². The molecule has 1 unspecified atom stereocenters. The molecule has 0 nitrogen and oxygen atoms in total. The Labute approximate surface area is 296 Å². The maximum atomic E-state index is 11.8. The van der Waals surface area contributed by atoms with E-state index in [1.54, 1.807) is 0 Å². The molecule has 2 aliphatic carbocycles. The molecule has 0 aliphatic heterocycles. The van der Waals surface area contributed by atoms with E-state index in [1.807, 2.05) is 6.07 Å². The normalized spacial score (nSPS) is 14.4. The molecule has 4 aromatic rings. The maximum absolute atomic E-state index is 11.8. The average molecular weight is 738 g/mol. The van der Waals surface area contributed by atoms with Crippen molar-refractivity contribution >= 4 is 4.21 Å². The first kappa shape index (κ1) is 40.9. The summed E-state index contributed by atoms with van der Waals surface area (Å²) in [7, 11) is 0. The predicted molar refractivity (Wildman–Crippen MR) is 180 cm³/mol. The summed E-state index contributed by atoms with van der Waals surface area (Å²) in [5, 5.41) is 0. The van der Waals surface area contributed by atoms with Crippen LogP contribution in [0.1, 0.15) is 69.7 Å². The Hall–Kier alpha value is -3.31. The Morgan fingerprint density at radius 2 is 1.25 bits per heavy atom. The molecule has 254 valence electrons. The summed E-state index contributed by atoms with van der Waals surface area (Å²) >= 11 is 1.30. The van der Waals surface area contributed by atoms with E-state index in [1.165, 1.54) is 88.3 Å². The first-order valence-corrected chi connectivity index (χ1v) is 17.2. The van der Waals surface area contributed by atoms with Crippen LogP contribution in [0.25, 0.3) is 11.1 Å². The molecule has 2 aliphatic rings. The van der Waals surface area contributed by atoms with Gasteiger partial charge in [-0.3, -0.25) is 6.08 Å². The van der Waals surface area contributed by atoms with Crippen LogP contribution in [0.3, 0.4) is 0 Å². The van der Waals surface area contributed by atoms with Gasteiger partial charge < -0.3 is 0 Å². The van der Waals surface area contributed by atoms with Crippen molar-refractivity contribution in [2.45, 2.75) is 66.2 Å². The number of fused-ring (bicyclic) bond motifs is 3. The largest absolute Gasteiger partial charge is 0.179 e. The molecular weight excluding hydrogens is 698 g/mol. The molecule has 4 aromatic carbocycles. The minimum absolute atomic E-state index is 0.294. The molecule has 0 saturated carbocycles. The smallest absolute Gasteiger partial charge is 0.0253 e. The van der Waals surface area contributed by atoms with Gasteiger partial charge >= 0.3 is 40.8 Å². The van der Waals surface area contributed by atoms with Crippen LogP contribution in [0.15, 0.2) is 108 Å². The zero-order valence-electron chi connectivity index (χ0n) is 27.9. The van der Waals surface area contributed by atoms with E-state index in [0.29, 0.717) is 11.3 Å². The Bertz CT molecular complexity index is 1500. The second-order valence-corrected chi connectivity index (χ2v) is 11.8. The van der Waals surface area contributed by atoms with Crippen molar-refractivity contribution in [3.63, 3.8) is 0 Å². The van der Waals surface area contributed by atoms with Crippen molar-refractivity contribution in [2.24, 2.45) is 11.3 Å². The molecule has 0 fully saturated rings. The van der Waals surface area contributed by atoms with Crippen LogP contribution in [0.2, 0.25) is 0 Å². The first-order chi connectivity index (χ1) is 22.6. The zero-order valence-corrected chi connectivity index (χ0v) is 30.4. The molecule has 0 bridgehead atoms. The van der Waals surface area contributed by atoms with Gasteiger partial charge in [0.15, 0.2) is 0 Å². The fourth-order valence-electron chi connectivity index (χ4n) is 5.00. The zero-order chi connectivity index (χ0) is 36.0. The van der Waals surface area contributed by atoms with Crippen LogP contribution < -0.4 is 0 Å². The molecule has 0 spiro atoms. The number of hydrogen-bond donors (Lipinski definition) is 0. The molecule has 6 rings (SSSR count). The number of rotatable bonds is 2. The summed E-state index contributed by atoms with van der Waals surface area (Å²) < 4.78 is 73.9. The van der Waals surface area contributed by atoms with Crippen molar-refractivity contribution in [1.82, 2.24) is 0 Å².